The second-order valence-corrected chi connectivity index (χ2v) is 18.9. The summed E-state index contributed by atoms with van der Waals surface area (Å²) in [5, 5.41) is 5.79. The van der Waals surface area contributed by atoms with Crippen LogP contribution in [-0.2, 0) is 0 Å². The van der Waals surface area contributed by atoms with Crippen molar-refractivity contribution in [3.63, 3.8) is 0 Å². The highest BCUT2D eigenvalue weighted by molar-refractivity contribution is 6.32. The fraction of sp³-hybridized carbons (Fsp3) is 0. The van der Waals surface area contributed by atoms with Gasteiger partial charge in [-0.05, 0) is 133 Å². The quantitative estimate of drug-likeness (QED) is 0.121. The van der Waals surface area contributed by atoms with E-state index in [0.717, 1.165) is 123 Å². The molecule has 0 aliphatic rings. The second kappa shape index (κ2) is 19.0. The van der Waals surface area contributed by atoms with E-state index in [2.05, 4.69) is 311 Å². The zero-order valence-corrected chi connectivity index (χ0v) is 41.3. The van der Waals surface area contributed by atoms with Crippen molar-refractivity contribution >= 4 is 123 Å². The fourth-order valence-electron chi connectivity index (χ4n) is 11.0. The minimum absolute atomic E-state index is 0.757. The van der Waals surface area contributed by atoms with Crippen molar-refractivity contribution < 1.29 is 8.83 Å². The van der Waals surface area contributed by atoms with Gasteiger partial charge in [-0.15, -0.1) is 0 Å². The van der Waals surface area contributed by atoms with Crippen LogP contribution in [0.5, 0.6) is 0 Å². The van der Waals surface area contributed by atoms with Gasteiger partial charge < -0.3 is 28.4 Å². The molecule has 0 saturated heterocycles. The Morgan fingerprint density at radius 1 is 0.197 bits per heavy atom. The molecule has 0 bridgehead atoms. The molecule has 0 amide bonds. The standard InChI is InChI=1S/C70H48N4O2/c1-9-25-49(26-10-1)71(50-27-11-2-12-28-50)57-41-43-59-61-47-63(73(53-33-17-5-18-34-53)54-35-19-6-20-36-54)68-67(69(61)75-65(59)45-57)64(74(55-37-21-7-22-38-55)56-39-23-8-24-40-56)48-62-60-44-42-58(46-66(60)76-70(62)68)72(51-29-13-3-14-30-51)52-31-15-4-16-32-52/h1-48H. The Balaban J connectivity index is 1.13. The topological polar surface area (TPSA) is 39.2 Å². The average Bonchev–Trinajstić information content (AvgIpc) is 4.19. The van der Waals surface area contributed by atoms with Crippen LogP contribution in [-0.4, -0.2) is 0 Å². The summed E-state index contributed by atoms with van der Waals surface area (Å²) in [6.45, 7) is 0. The molecule has 12 aromatic carbocycles. The van der Waals surface area contributed by atoms with Gasteiger partial charge in [0, 0.05) is 90.6 Å². The summed E-state index contributed by atoms with van der Waals surface area (Å²) in [4.78, 5) is 9.30. The maximum atomic E-state index is 7.49. The van der Waals surface area contributed by atoms with Crippen LogP contribution in [0.1, 0.15) is 0 Å². The molecule has 360 valence electrons. The van der Waals surface area contributed by atoms with Crippen LogP contribution < -0.4 is 19.6 Å². The molecule has 6 nitrogen and oxygen atoms in total. The van der Waals surface area contributed by atoms with Gasteiger partial charge in [0.25, 0.3) is 0 Å². The van der Waals surface area contributed by atoms with Gasteiger partial charge in [0.1, 0.15) is 22.3 Å². The Labute approximate surface area is 440 Å². The molecule has 2 heterocycles. The number of hydrogen-bond acceptors (Lipinski definition) is 6. The van der Waals surface area contributed by atoms with E-state index in [1.54, 1.807) is 0 Å². The fourth-order valence-corrected chi connectivity index (χ4v) is 11.0. The van der Waals surface area contributed by atoms with Crippen molar-refractivity contribution in [3.8, 4) is 0 Å². The van der Waals surface area contributed by atoms with Crippen molar-refractivity contribution in [1.29, 1.82) is 0 Å². The Morgan fingerprint density at radius 3 is 0.684 bits per heavy atom. The van der Waals surface area contributed by atoms with Gasteiger partial charge in [-0.25, -0.2) is 0 Å². The maximum Gasteiger partial charge on any atom is 0.145 e. The summed E-state index contributed by atoms with van der Waals surface area (Å²) in [5.41, 5.74) is 15.1. The third kappa shape index (κ3) is 7.75. The lowest BCUT2D eigenvalue weighted by molar-refractivity contribution is 0.669. The lowest BCUT2D eigenvalue weighted by atomic mass is 9.96. The second-order valence-electron chi connectivity index (χ2n) is 18.9. The van der Waals surface area contributed by atoms with Crippen molar-refractivity contribution in [2.45, 2.75) is 0 Å². The molecule has 0 aliphatic carbocycles. The third-order valence-electron chi connectivity index (χ3n) is 14.3. The van der Waals surface area contributed by atoms with Crippen LogP contribution in [0.2, 0.25) is 0 Å². The van der Waals surface area contributed by atoms with Crippen LogP contribution in [0, 0.1) is 0 Å². The van der Waals surface area contributed by atoms with Crippen LogP contribution in [0.4, 0.5) is 68.2 Å². The van der Waals surface area contributed by atoms with E-state index < -0.39 is 0 Å². The first-order valence-electron chi connectivity index (χ1n) is 25.7. The zero-order valence-electron chi connectivity index (χ0n) is 41.3. The third-order valence-corrected chi connectivity index (χ3v) is 14.3. The number of rotatable bonds is 12. The Morgan fingerprint density at radius 2 is 0.434 bits per heavy atom. The summed E-state index contributed by atoms with van der Waals surface area (Å²) in [5.74, 6) is 0. The molecule has 2 aromatic heterocycles. The van der Waals surface area contributed by atoms with Crippen molar-refractivity contribution in [2.75, 3.05) is 19.6 Å². The van der Waals surface area contributed by atoms with Gasteiger partial charge in [-0.3, -0.25) is 0 Å². The van der Waals surface area contributed by atoms with Crippen molar-refractivity contribution in [1.82, 2.24) is 0 Å². The highest BCUT2D eigenvalue weighted by atomic mass is 16.3. The first-order valence-corrected chi connectivity index (χ1v) is 25.7. The Kier molecular flexibility index (Phi) is 11.1. The van der Waals surface area contributed by atoms with Gasteiger partial charge in [0.2, 0.25) is 0 Å². The van der Waals surface area contributed by atoms with Crippen LogP contribution in [0.15, 0.2) is 300 Å². The van der Waals surface area contributed by atoms with E-state index in [0.29, 0.717) is 0 Å². The molecular weight excluding hydrogens is 929 g/mol. The molecule has 0 atom stereocenters. The number of furan rings is 2. The van der Waals surface area contributed by atoms with Gasteiger partial charge in [-0.1, -0.05) is 146 Å². The predicted octanol–water partition coefficient (Wildman–Crippen LogP) is 20.5. The summed E-state index contributed by atoms with van der Waals surface area (Å²) >= 11 is 0. The number of hydrogen-bond donors (Lipinski definition) is 0. The molecular formula is C70H48N4O2. The number of fused-ring (bicyclic) bond motifs is 9. The highest BCUT2D eigenvalue weighted by Crippen LogP contribution is 2.54. The highest BCUT2D eigenvalue weighted by Gasteiger charge is 2.30. The molecule has 0 N–H and O–H groups in total. The van der Waals surface area contributed by atoms with Crippen molar-refractivity contribution in [3.05, 3.63) is 291 Å². The molecule has 0 saturated carbocycles. The first-order chi connectivity index (χ1) is 37.7. The van der Waals surface area contributed by atoms with Gasteiger partial charge in [0.15, 0.2) is 0 Å². The van der Waals surface area contributed by atoms with Gasteiger partial charge in [0.05, 0.1) is 22.1 Å². The molecule has 14 aromatic rings. The predicted molar refractivity (Wildman–Crippen MR) is 317 cm³/mol. The summed E-state index contributed by atoms with van der Waals surface area (Å²) in [6, 6.07) is 102. The molecule has 76 heavy (non-hydrogen) atoms. The van der Waals surface area contributed by atoms with E-state index in [-0.39, 0.29) is 0 Å². The normalized spacial score (nSPS) is 11.4. The Bertz CT molecular complexity index is 3880. The lowest BCUT2D eigenvalue weighted by Crippen LogP contribution is -2.13. The largest absolute Gasteiger partial charge is 0.455 e. The van der Waals surface area contributed by atoms with Gasteiger partial charge in [-0.2, -0.15) is 0 Å². The molecule has 0 spiro atoms. The molecule has 0 fully saturated rings. The van der Waals surface area contributed by atoms with Crippen LogP contribution in [0.3, 0.4) is 0 Å². The molecule has 0 radical (unpaired) electrons. The summed E-state index contributed by atoms with van der Waals surface area (Å²) in [6.07, 6.45) is 0. The van der Waals surface area contributed by atoms with Crippen LogP contribution in [0.25, 0.3) is 54.6 Å². The van der Waals surface area contributed by atoms with Gasteiger partial charge >= 0.3 is 0 Å². The molecule has 14 rings (SSSR count). The SMILES string of the molecule is c1ccc(N(c2ccccc2)c2ccc3c(c2)oc2c3cc(N(c3ccccc3)c3ccccc3)c3c4oc5cc(N(c6ccccc6)c6ccccc6)ccc5c4cc(N(c4ccccc4)c4ccccc4)c23)cc1. The molecule has 0 unspecified atom stereocenters. The monoisotopic (exact) mass is 976 g/mol. The minimum Gasteiger partial charge on any atom is -0.455 e. The van der Waals surface area contributed by atoms with E-state index in [1.165, 1.54) is 0 Å². The van der Waals surface area contributed by atoms with E-state index in [9.17, 15) is 0 Å². The zero-order chi connectivity index (χ0) is 50.4. The number of para-hydroxylation sites is 8. The molecule has 0 aliphatic heterocycles. The maximum absolute atomic E-state index is 7.49. The number of benzene rings is 12. The van der Waals surface area contributed by atoms with E-state index in [1.807, 2.05) is 0 Å². The summed E-state index contributed by atoms with van der Waals surface area (Å²) < 4.78 is 15.0. The van der Waals surface area contributed by atoms with E-state index >= 15 is 0 Å². The number of anilines is 12. The smallest absolute Gasteiger partial charge is 0.145 e. The van der Waals surface area contributed by atoms with Crippen LogP contribution >= 0.6 is 0 Å². The number of nitrogens with zero attached hydrogens (tertiary/aromatic N) is 4. The molecule has 6 heteroatoms. The minimum atomic E-state index is 0.757. The van der Waals surface area contributed by atoms with E-state index in [4.69, 9.17) is 8.83 Å². The average molecular weight is 977 g/mol. The van der Waals surface area contributed by atoms with Crippen molar-refractivity contribution in [2.24, 2.45) is 0 Å². The summed E-state index contributed by atoms with van der Waals surface area (Å²) in [7, 11) is 0. The Hall–Kier alpha value is -10.3. The first kappa shape index (κ1) is 44.4. The lowest BCUT2D eigenvalue weighted by Gasteiger charge is -2.30.